The predicted octanol–water partition coefficient (Wildman–Crippen LogP) is 3.13. The number of fused-ring (bicyclic) bond motifs is 1. The normalized spacial score (nSPS) is 22.6. The number of hydrogen-bond donors (Lipinski definition) is 1. The lowest BCUT2D eigenvalue weighted by molar-refractivity contribution is -0.136. The number of likely N-dealkylation sites (tertiary alicyclic amines) is 1. The maximum absolute atomic E-state index is 13.3. The van der Waals surface area contributed by atoms with Crippen LogP contribution in [0.2, 0.25) is 5.02 Å². The van der Waals surface area contributed by atoms with E-state index < -0.39 is 29.7 Å². The van der Waals surface area contributed by atoms with Crippen LogP contribution >= 0.6 is 11.6 Å². The van der Waals surface area contributed by atoms with E-state index in [1.807, 2.05) is 17.0 Å². The van der Waals surface area contributed by atoms with Crippen LogP contribution in [0.15, 0.2) is 48.5 Å². The standard InChI is InChI=1S/C41H42ClN9O6/c42-32-18-28(3-1-26(32)21-43)57-29-19-41(20-29)23-50(24-41)40(56)33-5-7-35(46-45-33)49-11-9-25(10-12-49)22-47-13-15-48(16-14-47)27-2-4-30-31(17-27)39(55)51(38(30)54)34-6-8-36(52)44-37(34)53/h1-5,7,17-18,25,29,34H,6,8-16,19-20,22-24H2,(H,44,52,53). The highest BCUT2D eigenvalue weighted by molar-refractivity contribution is 6.31. The fraction of sp³-hybridized carbons (Fsp3) is 0.463. The first-order valence-electron chi connectivity index (χ1n) is 19.6. The number of piperidine rings is 2. The Bertz CT molecular complexity index is 2180. The zero-order chi connectivity index (χ0) is 39.4. The van der Waals surface area contributed by atoms with Crippen molar-refractivity contribution in [2.24, 2.45) is 11.3 Å². The second-order valence-corrected chi connectivity index (χ2v) is 16.6. The van der Waals surface area contributed by atoms with Crippen LogP contribution in [0.25, 0.3) is 0 Å². The maximum atomic E-state index is 13.3. The molecule has 57 heavy (non-hydrogen) atoms. The van der Waals surface area contributed by atoms with E-state index >= 15 is 0 Å². The molecular weight excluding hydrogens is 750 g/mol. The molecule has 1 saturated carbocycles. The Balaban J connectivity index is 0.700. The van der Waals surface area contributed by atoms with E-state index in [1.165, 1.54) is 0 Å². The number of rotatable bonds is 8. The minimum Gasteiger partial charge on any atom is -0.490 e. The van der Waals surface area contributed by atoms with Crippen molar-refractivity contribution in [3.8, 4) is 11.8 Å². The number of nitriles is 1. The number of carbonyl (C=O) groups excluding carboxylic acids is 5. The van der Waals surface area contributed by atoms with E-state index in [-0.39, 0.29) is 35.8 Å². The van der Waals surface area contributed by atoms with Crippen LogP contribution in [0, 0.1) is 22.7 Å². The molecule has 1 atom stereocenters. The summed E-state index contributed by atoms with van der Waals surface area (Å²) in [5, 5.41) is 20.5. The van der Waals surface area contributed by atoms with E-state index in [2.05, 4.69) is 36.3 Å². The highest BCUT2D eigenvalue weighted by atomic mass is 35.5. The molecule has 294 valence electrons. The molecule has 5 fully saturated rings. The number of amides is 5. The maximum Gasteiger partial charge on any atom is 0.274 e. The van der Waals surface area contributed by atoms with Gasteiger partial charge >= 0.3 is 0 Å². The molecule has 1 aliphatic carbocycles. The number of imide groups is 2. The summed E-state index contributed by atoms with van der Waals surface area (Å²) in [6.45, 7) is 7.45. The topological polar surface area (TPSA) is 172 Å². The lowest BCUT2D eigenvalue weighted by Crippen LogP contribution is -2.65. The van der Waals surface area contributed by atoms with Gasteiger partial charge in [0, 0.05) is 82.5 Å². The predicted molar refractivity (Wildman–Crippen MR) is 207 cm³/mol. The first-order valence-corrected chi connectivity index (χ1v) is 20.0. The molecule has 9 rings (SSSR count). The average molecular weight is 792 g/mol. The lowest BCUT2D eigenvalue weighted by Gasteiger charge is -2.58. The highest BCUT2D eigenvalue weighted by Gasteiger charge is 2.55. The molecule has 2 aromatic carbocycles. The third kappa shape index (κ3) is 7.05. The van der Waals surface area contributed by atoms with Crippen molar-refractivity contribution in [1.82, 2.24) is 30.2 Å². The largest absolute Gasteiger partial charge is 0.490 e. The zero-order valence-electron chi connectivity index (χ0n) is 31.4. The molecule has 6 heterocycles. The molecule has 0 bridgehead atoms. The van der Waals surface area contributed by atoms with Gasteiger partial charge in [-0.3, -0.25) is 39.1 Å². The van der Waals surface area contributed by atoms with E-state index in [4.69, 9.17) is 21.6 Å². The highest BCUT2D eigenvalue weighted by Crippen LogP contribution is 2.50. The molecule has 16 heteroatoms. The van der Waals surface area contributed by atoms with Crippen molar-refractivity contribution in [1.29, 1.82) is 5.26 Å². The van der Waals surface area contributed by atoms with Gasteiger partial charge < -0.3 is 19.4 Å². The molecule has 3 aromatic rings. The summed E-state index contributed by atoms with van der Waals surface area (Å²) >= 11 is 6.14. The van der Waals surface area contributed by atoms with E-state index in [0.717, 1.165) is 87.9 Å². The lowest BCUT2D eigenvalue weighted by atomic mass is 9.61. The molecule has 4 saturated heterocycles. The van der Waals surface area contributed by atoms with Gasteiger partial charge in [-0.25, -0.2) is 0 Å². The molecule has 6 aliphatic rings. The van der Waals surface area contributed by atoms with Crippen LogP contribution in [0.5, 0.6) is 5.75 Å². The van der Waals surface area contributed by atoms with Gasteiger partial charge in [0.2, 0.25) is 11.8 Å². The van der Waals surface area contributed by atoms with Crippen molar-refractivity contribution >= 4 is 52.6 Å². The summed E-state index contributed by atoms with van der Waals surface area (Å²) in [4.78, 5) is 73.4. The van der Waals surface area contributed by atoms with Crippen LogP contribution < -0.4 is 19.9 Å². The Morgan fingerprint density at radius 3 is 2.32 bits per heavy atom. The molecule has 1 N–H and O–H groups in total. The first kappa shape index (κ1) is 37.0. The van der Waals surface area contributed by atoms with Gasteiger partial charge in [0.1, 0.15) is 24.0 Å². The van der Waals surface area contributed by atoms with Gasteiger partial charge in [-0.15, -0.1) is 10.2 Å². The molecule has 1 unspecified atom stereocenters. The summed E-state index contributed by atoms with van der Waals surface area (Å²) in [5.41, 5.74) is 2.33. The molecule has 0 radical (unpaired) electrons. The Morgan fingerprint density at radius 1 is 0.877 bits per heavy atom. The van der Waals surface area contributed by atoms with Crippen molar-refractivity contribution in [2.45, 2.75) is 50.7 Å². The van der Waals surface area contributed by atoms with Gasteiger partial charge in [-0.1, -0.05) is 11.6 Å². The minimum atomic E-state index is -0.976. The summed E-state index contributed by atoms with van der Waals surface area (Å²) in [6.07, 6.45) is 4.08. The molecule has 5 aliphatic heterocycles. The average Bonchev–Trinajstić information content (AvgIpc) is 3.43. The number of ether oxygens (including phenoxy) is 1. The molecule has 1 spiro atoms. The Kier molecular flexibility index (Phi) is 9.56. The van der Waals surface area contributed by atoms with Crippen molar-refractivity contribution in [3.05, 3.63) is 75.9 Å². The summed E-state index contributed by atoms with van der Waals surface area (Å²) in [5.74, 6) is -0.0928. The van der Waals surface area contributed by atoms with Gasteiger partial charge in [-0.2, -0.15) is 5.26 Å². The Labute approximate surface area is 334 Å². The summed E-state index contributed by atoms with van der Waals surface area (Å²) < 4.78 is 6.05. The van der Waals surface area contributed by atoms with Gasteiger partial charge in [0.05, 0.1) is 21.7 Å². The van der Waals surface area contributed by atoms with Crippen LogP contribution in [0.4, 0.5) is 11.5 Å². The van der Waals surface area contributed by atoms with Gasteiger partial charge in [0.25, 0.3) is 17.7 Å². The Hall–Kier alpha value is -5.59. The fourth-order valence-electron chi connectivity index (χ4n) is 9.33. The number of nitrogens with one attached hydrogen (secondary N) is 1. The van der Waals surface area contributed by atoms with Crippen LogP contribution in [-0.4, -0.2) is 125 Å². The Morgan fingerprint density at radius 2 is 1.63 bits per heavy atom. The smallest absolute Gasteiger partial charge is 0.274 e. The number of carbonyl (C=O) groups is 5. The van der Waals surface area contributed by atoms with E-state index in [0.29, 0.717) is 46.6 Å². The molecular formula is C41H42ClN9O6. The number of anilines is 2. The van der Waals surface area contributed by atoms with Gasteiger partial charge in [0.15, 0.2) is 11.5 Å². The second-order valence-electron chi connectivity index (χ2n) is 16.2. The monoisotopic (exact) mass is 791 g/mol. The number of nitrogens with zero attached hydrogens (tertiary/aromatic N) is 8. The van der Waals surface area contributed by atoms with Crippen LogP contribution in [0.1, 0.15) is 75.3 Å². The van der Waals surface area contributed by atoms with Crippen LogP contribution in [0.3, 0.4) is 0 Å². The number of piperazine rings is 1. The van der Waals surface area contributed by atoms with Crippen LogP contribution in [-0.2, 0) is 9.59 Å². The number of aromatic nitrogens is 2. The summed E-state index contributed by atoms with van der Waals surface area (Å²) in [7, 11) is 0. The third-order valence-corrected chi connectivity index (χ3v) is 12.8. The molecule has 15 nitrogen and oxygen atoms in total. The van der Waals surface area contributed by atoms with Gasteiger partial charge in [-0.05, 0) is 80.5 Å². The fourth-order valence-corrected chi connectivity index (χ4v) is 9.54. The molecule has 5 amide bonds. The SMILES string of the molecule is N#Cc1ccc(OC2CC3(C2)CN(C(=O)c2ccc(N4CCC(CN5CCN(c6ccc7c(c6)C(=O)N(C6CCC(=O)NC6=O)C7=O)CC5)CC4)nn2)C3)cc1Cl. The number of benzene rings is 2. The van der Waals surface area contributed by atoms with Crippen molar-refractivity contribution in [2.75, 3.05) is 68.7 Å². The number of halogens is 1. The second kappa shape index (κ2) is 14.7. The van der Waals surface area contributed by atoms with Crippen molar-refractivity contribution < 1.29 is 28.7 Å². The van der Waals surface area contributed by atoms with E-state index in [1.54, 1.807) is 36.4 Å². The van der Waals surface area contributed by atoms with E-state index in [9.17, 15) is 24.0 Å². The summed E-state index contributed by atoms with van der Waals surface area (Å²) in [6, 6.07) is 15.2. The quantitative estimate of drug-likeness (QED) is 0.331. The first-order chi connectivity index (χ1) is 27.6. The zero-order valence-corrected chi connectivity index (χ0v) is 32.1. The third-order valence-electron chi connectivity index (χ3n) is 12.5. The molecule has 1 aromatic heterocycles. The number of hydrogen-bond acceptors (Lipinski definition) is 12. The van der Waals surface area contributed by atoms with Crippen molar-refractivity contribution in [3.63, 3.8) is 0 Å². The minimum absolute atomic E-state index is 0.0638.